The number of H-pyrrole nitrogens is 1. The molecule has 0 saturated carbocycles. The van der Waals surface area contributed by atoms with Crippen LogP contribution in [0.15, 0.2) is 12.4 Å². The first kappa shape index (κ1) is 31.3. The molecular weight excluding hydrogens is 410 g/mol. The fraction of sp³-hybridized carbons (Fsp3) is 0.879. The molecule has 0 aliphatic carbocycles. The largest absolute Gasteiger partial charge is 0.367 e. The minimum atomic E-state index is 1.29. The summed E-state index contributed by atoms with van der Waals surface area (Å²) in [6.07, 6.45) is 43.1. The maximum Gasteiger partial charge on any atom is 0.00401 e. The molecule has 0 aromatic carbocycles. The van der Waals surface area contributed by atoms with Crippen LogP contribution in [-0.2, 0) is 12.8 Å². The van der Waals surface area contributed by atoms with Gasteiger partial charge in [0.2, 0.25) is 0 Å². The summed E-state index contributed by atoms with van der Waals surface area (Å²) in [5, 5.41) is 0. The number of unbranched alkanes of at least 4 members (excludes halogenated alkanes) is 23. The van der Waals surface area contributed by atoms with Gasteiger partial charge >= 0.3 is 0 Å². The molecule has 1 aromatic rings. The number of rotatable bonds is 27. The molecule has 0 unspecified atom stereocenters. The van der Waals surface area contributed by atoms with Crippen molar-refractivity contribution in [2.75, 3.05) is 0 Å². The fourth-order valence-corrected chi connectivity index (χ4v) is 5.38. The monoisotopic (exact) mass is 473 g/mol. The Balaban J connectivity index is 1.85. The van der Waals surface area contributed by atoms with Crippen LogP contribution in [0.25, 0.3) is 0 Å². The Bertz CT molecular complexity index is 502. The Labute approximate surface area is 215 Å². The molecule has 1 nitrogen and oxygen atoms in total. The van der Waals surface area contributed by atoms with Crippen molar-refractivity contribution >= 4 is 0 Å². The van der Waals surface area contributed by atoms with Gasteiger partial charge in [-0.05, 0) is 36.8 Å². The van der Waals surface area contributed by atoms with Crippen LogP contribution in [0, 0.1) is 0 Å². The molecule has 1 heteroatoms. The quantitative estimate of drug-likeness (QED) is 0.122. The highest BCUT2D eigenvalue weighted by Crippen LogP contribution is 2.18. The summed E-state index contributed by atoms with van der Waals surface area (Å²) >= 11 is 0. The predicted octanol–water partition coefficient (Wildman–Crippen LogP) is 11.9. The van der Waals surface area contributed by atoms with Crippen molar-refractivity contribution < 1.29 is 0 Å². The highest BCUT2D eigenvalue weighted by molar-refractivity contribution is 5.23. The van der Waals surface area contributed by atoms with E-state index in [1.807, 2.05) is 0 Å². The zero-order chi connectivity index (χ0) is 24.4. The van der Waals surface area contributed by atoms with Gasteiger partial charge in [0.1, 0.15) is 0 Å². The molecule has 1 rings (SSSR count). The number of nitrogens with one attached hydrogen (secondary N) is 1. The van der Waals surface area contributed by atoms with Gasteiger partial charge in [0.25, 0.3) is 0 Å². The third kappa shape index (κ3) is 19.6. The molecule has 0 radical (unpaired) electrons. The van der Waals surface area contributed by atoms with Gasteiger partial charge < -0.3 is 4.98 Å². The summed E-state index contributed by atoms with van der Waals surface area (Å²) < 4.78 is 0. The van der Waals surface area contributed by atoms with Crippen LogP contribution in [-0.4, -0.2) is 4.98 Å². The molecule has 0 aliphatic rings. The summed E-state index contributed by atoms with van der Waals surface area (Å²) in [5.41, 5.74) is 3.20. The first-order chi connectivity index (χ1) is 16.9. The molecule has 0 spiro atoms. The normalized spacial score (nSPS) is 11.5. The smallest absolute Gasteiger partial charge is 0.00401 e. The van der Waals surface area contributed by atoms with E-state index in [1.54, 1.807) is 11.1 Å². The topological polar surface area (TPSA) is 15.8 Å². The number of aromatic nitrogens is 1. The van der Waals surface area contributed by atoms with Gasteiger partial charge in [-0.25, -0.2) is 0 Å². The summed E-state index contributed by atoms with van der Waals surface area (Å²) in [6.45, 7) is 4.61. The van der Waals surface area contributed by atoms with E-state index in [2.05, 4.69) is 31.2 Å². The molecule has 1 aromatic heterocycles. The van der Waals surface area contributed by atoms with E-state index in [0.717, 1.165) is 0 Å². The number of aryl methyl sites for hydroxylation is 2. The van der Waals surface area contributed by atoms with Crippen LogP contribution in [0.1, 0.15) is 185 Å². The second kappa shape index (κ2) is 25.4. The first-order valence-corrected chi connectivity index (χ1v) is 16.0. The van der Waals surface area contributed by atoms with Crippen LogP contribution in [0.4, 0.5) is 0 Å². The second-order valence-electron chi connectivity index (χ2n) is 11.1. The van der Waals surface area contributed by atoms with E-state index in [4.69, 9.17) is 0 Å². The zero-order valence-electron chi connectivity index (χ0n) is 23.7. The molecule has 0 fully saturated rings. The average molecular weight is 474 g/mol. The van der Waals surface area contributed by atoms with Gasteiger partial charge in [0.15, 0.2) is 0 Å². The van der Waals surface area contributed by atoms with Crippen LogP contribution >= 0.6 is 0 Å². The molecule has 0 aliphatic heterocycles. The number of hydrogen-bond acceptors (Lipinski definition) is 0. The first-order valence-electron chi connectivity index (χ1n) is 16.0. The lowest BCUT2D eigenvalue weighted by Crippen LogP contribution is -1.92. The Morgan fingerprint density at radius 1 is 0.353 bits per heavy atom. The summed E-state index contributed by atoms with van der Waals surface area (Å²) in [4.78, 5) is 3.38. The Kier molecular flexibility index (Phi) is 23.4. The van der Waals surface area contributed by atoms with Crippen molar-refractivity contribution in [2.45, 2.75) is 187 Å². The van der Waals surface area contributed by atoms with Gasteiger partial charge in [-0.3, -0.25) is 0 Å². The fourth-order valence-electron chi connectivity index (χ4n) is 5.38. The number of hydrogen-bond donors (Lipinski definition) is 1. The van der Waals surface area contributed by atoms with E-state index in [-0.39, 0.29) is 0 Å². The van der Waals surface area contributed by atoms with Gasteiger partial charge in [-0.2, -0.15) is 0 Å². The van der Waals surface area contributed by atoms with E-state index in [1.165, 1.54) is 173 Å². The molecule has 1 heterocycles. The van der Waals surface area contributed by atoms with Crippen molar-refractivity contribution in [3.05, 3.63) is 23.5 Å². The Hall–Kier alpha value is -0.720. The Morgan fingerprint density at radius 3 is 0.853 bits per heavy atom. The van der Waals surface area contributed by atoms with E-state index in [9.17, 15) is 0 Å². The van der Waals surface area contributed by atoms with Crippen LogP contribution in [0.2, 0.25) is 0 Å². The van der Waals surface area contributed by atoms with Crippen molar-refractivity contribution in [1.82, 2.24) is 4.98 Å². The maximum absolute atomic E-state index is 3.38. The predicted molar refractivity (Wildman–Crippen MR) is 155 cm³/mol. The highest BCUT2D eigenvalue weighted by Gasteiger charge is 2.04. The summed E-state index contributed by atoms with van der Waals surface area (Å²) in [6, 6.07) is 0. The molecule has 1 N–H and O–H groups in total. The van der Waals surface area contributed by atoms with Crippen molar-refractivity contribution in [2.24, 2.45) is 0 Å². The lowest BCUT2D eigenvalue weighted by molar-refractivity contribution is 0.529. The van der Waals surface area contributed by atoms with Crippen molar-refractivity contribution in [3.63, 3.8) is 0 Å². The lowest BCUT2D eigenvalue weighted by atomic mass is 9.99. The molecule has 0 saturated heterocycles. The highest BCUT2D eigenvalue weighted by atomic mass is 14.6. The second-order valence-corrected chi connectivity index (χ2v) is 11.1. The zero-order valence-corrected chi connectivity index (χ0v) is 23.7. The van der Waals surface area contributed by atoms with Gasteiger partial charge in [-0.1, -0.05) is 162 Å². The van der Waals surface area contributed by atoms with Crippen LogP contribution < -0.4 is 0 Å². The molecule has 0 amide bonds. The van der Waals surface area contributed by atoms with Crippen molar-refractivity contribution in [3.8, 4) is 0 Å². The van der Waals surface area contributed by atoms with E-state index in [0.29, 0.717) is 0 Å². The van der Waals surface area contributed by atoms with Gasteiger partial charge in [0.05, 0.1) is 0 Å². The standard InChI is InChI=1S/C33H63N/c1-3-5-7-9-11-13-14-15-16-17-18-19-21-23-25-27-29-33-31-34-30-32(33)28-26-24-22-20-12-10-8-6-4-2/h30-31,34H,3-29H2,1-2H3. The summed E-state index contributed by atoms with van der Waals surface area (Å²) in [7, 11) is 0. The third-order valence-corrected chi connectivity index (χ3v) is 7.78. The summed E-state index contributed by atoms with van der Waals surface area (Å²) in [5.74, 6) is 0. The third-order valence-electron chi connectivity index (χ3n) is 7.78. The van der Waals surface area contributed by atoms with E-state index < -0.39 is 0 Å². The minimum absolute atomic E-state index is 1.29. The molecule has 0 bridgehead atoms. The molecule has 34 heavy (non-hydrogen) atoms. The average Bonchev–Trinajstić information content (AvgIpc) is 3.30. The van der Waals surface area contributed by atoms with Gasteiger partial charge in [0, 0.05) is 12.4 Å². The molecule has 200 valence electrons. The van der Waals surface area contributed by atoms with Crippen molar-refractivity contribution in [1.29, 1.82) is 0 Å². The Morgan fingerprint density at radius 2 is 0.588 bits per heavy atom. The van der Waals surface area contributed by atoms with Gasteiger partial charge in [-0.15, -0.1) is 0 Å². The van der Waals surface area contributed by atoms with E-state index >= 15 is 0 Å². The number of aromatic amines is 1. The van der Waals surface area contributed by atoms with Crippen LogP contribution in [0.5, 0.6) is 0 Å². The molecule has 0 atom stereocenters. The SMILES string of the molecule is CCCCCCCCCCCCCCCCCCc1c[nH]cc1CCCCCCCCCCC. The minimum Gasteiger partial charge on any atom is -0.367 e. The van der Waals surface area contributed by atoms with Crippen LogP contribution in [0.3, 0.4) is 0 Å². The maximum atomic E-state index is 3.38. The lowest BCUT2D eigenvalue weighted by Gasteiger charge is -2.06. The molecular formula is C33H63N.